The van der Waals surface area contributed by atoms with Gasteiger partial charge in [0.05, 0.1) is 10.6 Å². The minimum Gasteiger partial charge on any atom is -0.396 e. The molecule has 0 bridgehead atoms. The Morgan fingerprint density at radius 3 is 2.41 bits per heavy atom. The van der Waals surface area contributed by atoms with Crippen molar-refractivity contribution < 1.29 is 13.5 Å². The maximum absolute atomic E-state index is 13.2. The summed E-state index contributed by atoms with van der Waals surface area (Å²) < 4.78 is 27.8. The molecule has 0 amide bonds. The van der Waals surface area contributed by atoms with Crippen LogP contribution in [0.5, 0.6) is 0 Å². The van der Waals surface area contributed by atoms with Crippen LogP contribution in [0.25, 0.3) is 0 Å². The highest BCUT2D eigenvalue weighted by molar-refractivity contribution is 7.92. The van der Waals surface area contributed by atoms with Gasteiger partial charge in [-0.15, -0.1) is 0 Å². The zero-order valence-electron chi connectivity index (χ0n) is 15.7. The summed E-state index contributed by atoms with van der Waals surface area (Å²) in [5.74, 6) is 0. The molecule has 0 fully saturated rings. The molecule has 1 N–H and O–H groups in total. The number of nitrogens with zero attached hydrogens (tertiary/aromatic N) is 1. The number of benzene rings is 2. The smallest absolute Gasteiger partial charge is 0.264 e. The number of allylic oxidation sites excluding steroid dienone is 2. The van der Waals surface area contributed by atoms with Crippen LogP contribution in [0.1, 0.15) is 24.8 Å². The van der Waals surface area contributed by atoms with Gasteiger partial charge in [-0.3, -0.25) is 4.31 Å². The second kappa shape index (κ2) is 10.1. The number of para-hydroxylation sites is 1. The fraction of sp³-hybridized carbons (Fsp3) is 0.273. The fourth-order valence-electron chi connectivity index (χ4n) is 2.61. The summed E-state index contributed by atoms with van der Waals surface area (Å²) in [5.41, 5.74) is 2.50. The summed E-state index contributed by atoms with van der Waals surface area (Å²) >= 11 is 0. The molecule has 144 valence electrons. The van der Waals surface area contributed by atoms with Crippen LogP contribution in [0, 0.1) is 6.92 Å². The number of unbranched alkanes of at least 4 members (excludes halogenated alkanes) is 1. The minimum absolute atomic E-state index is 0.160. The fourth-order valence-corrected chi connectivity index (χ4v) is 4.07. The van der Waals surface area contributed by atoms with Gasteiger partial charge in [0.2, 0.25) is 0 Å². The number of aliphatic hydroxyl groups excluding tert-OH is 1. The van der Waals surface area contributed by atoms with Crippen LogP contribution < -0.4 is 4.31 Å². The predicted molar refractivity (Wildman–Crippen MR) is 111 cm³/mol. The summed E-state index contributed by atoms with van der Waals surface area (Å²) in [6, 6.07) is 16.0. The van der Waals surface area contributed by atoms with Gasteiger partial charge in [0, 0.05) is 13.2 Å². The lowest BCUT2D eigenvalue weighted by atomic mass is 10.1. The molecule has 0 saturated carbocycles. The topological polar surface area (TPSA) is 57.6 Å². The molecule has 0 heterocycles. The minimum atomic E-state index is -3.66. The molecule has 2 rings (SSSR count). The van der Waals surface area contributed by atoms with Crippen LogP contribution in [0.4, 0.5) is 5.69 Å². The Morgan fingerprint density at radius 1 is 1.11 bits per heavy atom. The van der Waals surface area contributed by atoms with E-state index in [9.17, 15) is 8.42 Å². The average molecular weight is 386 g/mol. The third kappa shape index (κ3) is 6.08. The Balaban J connectivity index is 2.21. The number of aliphatic hydroxyl groups is 1. The second-order valence-electron chi connectivity index (χ2n) is 6.40. The van der Waals surface area contributed by atoms with Crippen LogP contribution in [-0.4, -0.2) is 26.7 Å². The first kappa shape index (κ1) is 20.9. The van der Waals surface area contributed by atoms with E-state index in [1.165, 1.54) is 4.31 Å². The van der Waals surface area contributed by atoms with E-state index in [-0.39, 0.29) is 11.5 Å². The number of sulfonamides is 1. The molecule has 0 aliphatic carbocycles. The number of hydrogen-bond donors (Lipinski definition) is 1. The van der Waals surface area contributed by atoms with E-state index < -0.39 is 10.0 Å². The van der Waals surface area contributed by atoms with Gasteiger partial charge in [0.15, 0.2) is 0 Å². The van der Waals surface area contributed by atoms with Crippen LogP contribution >= 0.6 is 0 Å². The molecule has 0 aliphatic heterocycles. The Hall–Kier alpha value is -2.37. The number of rotatable bonds is 10. The Morgan fingerprint density at radius 2 is 1.78 bits per heavy atom. The van der Waals surface area contributed by atoms with E-state index in [0.717, 1.165) is 17.6 Å². The van der Waals surface area contributed by atoms with E-state index in [1.54, 1.807) is 36.4 Å². The van der Waals surface area contributed by atoms with Gasteiger partial charge < -0.3 is 5.11 Å². The van der Waals surface area contributed by atoms with E-state index >= 15 is 0 Å². The lowest BCUT2D eigenvalue weighted by Gasteiger charge is -2.24. The van der Waals surface area contributed by atoms with Crippen molar-refractivity contribution in [3.05, 3.63) is 84.5 Å². The molecule has 27 heavy (non-hydrogen) atoms. The molecule has 0 radical (unpaired) electrons. The van der Waals surface area contributed by atoms with E-state index in [2.05, 4.69) is 6.58 Å². The van der Waals surface area contributed by atoms with Crippen molar-refractivity contribution in [3.8, 4) is 0 Å². The van der Waals surface area contributed by atoms with E-state index in [4.69, 9.17) is 5.11 Å². The quantitative estimate of drug-likeness (QED) is 0.485. The molecule has 0 spiro atoms. The summed E-state index contributed by atoms with van der Waals surface area (Å²) in [7, 11) is -3.66. The summed E-state index contributed by atoms with van der Waals surface area (Å²) in [5, 5.41) is 8.82. The highest BCUT2D eigenvalue weighted by Crippen LogP contribution is 2.24. The van der Waals surface area contributed by atoms with Gasteiger partial charge in [0.1, 0.15) is 0 Å². The molecule has 0 aromatic heterocycles. The number of hydrogen-bond acceptors (Lipinski definition) is 3. The lowest BCUT2D eigenvalue weighted by Crippen LogP contribution is -2.32. The Labute approximate surface area is 162 Å². The Bertz CT molecular complexity index is 856. The van der Waals surface area contributed by atoms with Crippen molar-refractivity contribution in [2.45, 2.75) is 31.1 Å². The Kier molecular flexibility index (Phi) is 7.82. The molecular formula is C22H27NO3S. The van der Waals surface area contributed by atoms with Gasteiger partial charge in [-0.05, 0) is 50.5 Å². The normalized spacial score (nSPS) is 11.6. The van der Waals surface area contributed by atoms with Crippen LogP contribution in [-0.2, 0) is 10.0 Å². The maximum Gasteiger partial charge on any atom is 0.264 e. The molecule has 2 aromatic rings. The largest absolute Gasteiger partial charge is 0.396 e. The van der Waals surface area contributed by atoms with Gasteiger partial charge in [0.25, 0.3) is 10.0 Å². The van der Waals surface area contributed by atoms with Crippen molar-refractivity contribution in [1.82, 2.24) is 0 Å². The van der Waals surface area contributed by atoms with Gasteiger partial charge in [-0.25, -0.2) is 8.42 Å². The van der Waals surface area contributed by atoms with Crippen LogP contribution in [0.2, 0.25) is 0 Å². The SMILES string of the molecule is C=C(/C=C/CCCO)CCN(c1ccccc1)S(=O)(=O)c1ccc(C)cc1. The van der Waals surface area contributed by atoms with Crippen molar-refractivity contribution in [1.29, 1.82) is 0 Å². The molecular weight excluding hydrogens is 358 g/mol. The van der Waals surface area contributed by atoms with Crippen LogP contribution in [0.15, 0.2) is 83.8 Å². The molecule has 5 heteroatoms. The first-order valence-electron chi connectivity index (χ1n) is 9.05. The predicted octanol–water partition coefficient (Wildman–Crippen LogP) is 4.47. The van der Waals surface area contributed by atoms with Crippen molar-refractivity contribution in [3.63, 3.8) is 0 Å². The van der Waals surface area contributed by atoms with Crippen LogP contribution in [0.3, 0.4) is 0 Å². The van der Waals surface area contributed by atoms with Gasteiger partial charge in [-0.2, -0.15) is 0 Å². The molecule has 2 aromatic carbocycles. The number of aryl methyl sites for hydroxylation is 1. The molecule has 0 atom stereocenters. The number of anilines is 1. The standard InChI is InChI=1S/C22H27NO3S/c1-19(9-5-4-8-18-24)16-17-23(21-10-6-3-7-11-21)27(25,26)22-14-12-20(2)13-15-22/h3,5-7,9-15,24H,1,4,8,16-18H2,2H3/b9-5+. The van der Waals surface area contributed by atoms with Crippen molar-refractivity contribution in [2.75, 3.05) is 17.5 Å². The maximum atomic E-state index is 13.2. The molecule has 0 saturated heterocycles. The van der Waals surface area contributed by atoms with Gasteiger partial charge >= 0.3 is 0 Å². The zero-order valence-corrected chi connectivity index (χ0v) is 16.5. The van der Waals surface area contributed by atoms with Gasteiger partial charge in [-0.1, -0.05) is 60.2 Å². The third-order valence-electron chi connectivity index (χ3n) is 4.17. The first-order valence-corrected chi connectivity index (χ1v) is 10.5. The highest BCUT2D eigenvalue weighted by Gasteiger charge is 2.24. The first-order chi connectivity index (χ1) is 12.9. The molecule has 0 aliphatic rings. The summed E-state index contributed by atoms with van der Waals surface area (Å²) in [6.45, 7) is 6.41. The molecule has 4 nitrogen and oxygen atoms in total. The average Bonchev–Trinajstić information content (AvgIpc) is 2.66. The second-order valence-corrected chi connectivity index (χ2v) is 8.26. The van der Waals surface area contributed by atoms with E-state index in [0.29, 0.717) is 25.1 Å². The monoisotopic (exact) mass is 385 g/mol. The third-order valence-corrected chi connectivity index (χ3v) is 6.01. The zero-order chi connectivity index (χ0) is 19.7. The summed E-state index contributed by atoms with van der Waals surface area (Å²) in [6.07, 6.45) is 5.87. The lowest BCUT2D eigenvalue weighted by molar-refractivity contribution is 0.289. The van der Waals surface area contributed by atoms with Crippen molar-refractivity contribution >= 4 is 15.7 Å². The van der Waals surface area contributed by atoms with E-state index in [1.807, 2.05) is 37.3 Å². The highest BCUT2D eigenvalue weighted by atomic mass is 32.2. The molecule has 0 unspecified atom stereocenters. The van der Waals surface area contributed by atoms with Crippen molar-refractivity contribution in [2.24, 2.45) is 0 Å². The summed E-state index contributed by atoms with van der Waals surface area (Å²) in [4.78, 5) is 0.279.